The van der Waals surface area contributed by atoms with E-state index < -0.39 is 0 Å². The minimum atomic E-state index is 0.469. The van der Waals surface area contributed by atoms with Crippen molar-refractivity contribution in [1.82, 2.24) is 15.1 Å². The molecule has 0 bridgehead atoms. The predicted molar refractivity (Wildman–Crippen MR) is 53.9 cm³/mol. The number of hydrogen-bond acceptors (Lipinski definition) is 3. The van der Waals surface area contributed by atoms with Crippen LogP contribution in [0.25, 0.3) is 0 Å². The first-order chi connectivity index (χ1) is 6.78. The molecule has 0 atom stereocenters. The summed E-state index contributed by atoms with van der Waals surface area (Å²) in [5.74, 6) is 0. The number of nitrogens with zero attached hydrogens (tertiary/aromatic N) is 2. The molecule has 78 valence electrons. The summed E-state index contributed by atoms with van der Waals surface area (Å²) in [5.41, 5.74) is 1.10. The van der Waals surface area contributed by atoms with Crippen molar-refractivity contribution in [3.05, 3.63) is 18.0 Å². The molecule has 4 nitrogen and oxygen atoms in total. The van der Waals surface area contributed by atoms with Gasteiger partial charge in [-0.25, -0.2) is 0 Å². The van der Waals surface area contributed by atoms with Crippen molar-refractivity contribution in [3.8, 4) is 0 Å². The van der Waals surface area contributed by atoms with E-state index in [4.69, 9.17) is 4.74 Å². The Labute approximate surface area is 84.3 Å². The molecule has 4 heteroatoms. The molecule has 1 N–H and O–H groups in total. The third-order valence-corrected chi connectivity index (χ3v) is 2.77. The molecule has 1 aliphatic carbocycles. The summed E-state index contributed by atoms with van der Waals surface area (Å²) in [6.07, 6.45) is 4.69. The fourth-order valence-electron chi connectivity index (χ4n) is 1.73. The number of hydrogen-bond donors (Lipinski definition) is 1. The summed E-state index contributed by atoms with van der Waals surface area (Å²) < 4.78 is 7.04. The topological polar surface area (TPSA) is 39.1 Å². The second-order valence-corrected chi connectivity index (χ2v) is 3.89. The lowest BCUT2D eigenvalue weighted by Gasteiger charge is -2.34. The van der Waals surface area contributed by atoms with Crippen LogP contribution in [0.5, 0.6) is 0 Å². The molecule has 0 aliphatic heterocycles. The Kier molecular flexibility index (Phi) is 2.84. The largest absolute Gasteiger partial charge is 0.381 e. The highest BCUT2D eigenvalue weighted by Crippen LogP contribution is 2.22. The molecule has 2 rings (SSSR count). The van der Waals surface area contributed by atoms with Gasteiger partial charge in [0.2, 0.25) is 0 Å². The highest BCUT2D eigenvalue weighted by molar-refractivity contribution is 4.99. The van der Waals surface area contributed by atoms with E-state index in [0.717, 1.165) is 25.1 Å². The third-order valence-electron chi connectivity index (χ3n) is 2.77. The van der Waals surface area contributed by atoms with Crippen LogP contribution in [0.2, 0.25) is 0 Å². The molecule has 0 unspecified atom stereocenters. The van der Waals surface area contributed by atoms with E-state index >= 15 is 0 Å². The number of rotatable bonds is 4. The molecule has 0 aromatic carbocycles. The summed E-state index contributed by atoms with van der Waals surface area (Å²) in [6, 6.07) is 2.65. The maximum Gasteiger partial charge on any atom is 0.0762 e. The van der Waals surface area contributed by atoms with E-state index in [1.165, 1.54) is 0 Å². The molecule has 1 aliphatic rings. The van der Waals surface area contributed by atoms with Crippen LogP contribution in [0.3, 0.4) is 0 Å². The zero-order chi connectivity index (χ0) is 9.97. The van der Waals surface area contributed by atoms with Gasteiger partial charge in [0.25, 0.3) is 0 Å². The molecular weight excluding hydrogens is 178 g/mol. The smallest absolute Gasteiger partial charge is 0.0762 e. The molecule has 1 fully saturated rings. The van der Waals surface area contributed by atoms with Crippen LogP contribution >= 0.6 is 0 Å². The van der Waals surface area contributed by atoms with Crippen molar-refractivity contribution in [2.24, 2.45) is 7.05 Å². The van der Waals surface area contributed by atoms with Crippen LogP contribution in [0.4, 0.5) is 0 Å². The summed E-state index contributed by atoms with van der Waals surface area (Å²) >= 11 is 0. The van der Waals surface area contributed by atoms with Crippen LogP contribution in [-0.4, -0.2) is 29.0 Å². The Balaban J connectivity index is 1.69. The number of ether oxygens (including phenoxy) is 1. The predicted octanol–water partition coefficient (Wildman–Crippen LogP) is 0.687. The van der Waals surface area contributed by atoms with Crippen molar-refractivity contribution in [1.29, 1.82) is 0 Å². The number of aryl methyl sites for hydroxylation is 1. The Morgan fingerprint density at radius 3 is 3.00 bits per heavy atom. The highest BCUT2D eigenvalue weighted by atomic mass is 16.5. The second-order valence-electron chi connectivity index (χ2n) is 3.89. The highest BCUT2D eigenvalue weighted by Gasteiger charge is 2.28. The number of nitrogens with one attached hydrogen (secondary N) is 1. The lowest BCUT2D eigenvalue weighted by Crippen LogP contribution is -2.44. The standard InChI is InChI=1S/C10H17N3O/c1-13-4-3-8(12-13)7-11-9-5-10(6-9)14-2/h3-4,9-11H,5-7H2,1-2H3. The van der Waals surface area contributed by atoms with Gasteiger partial charge in [0, 0.05) is 32.9 Å². The average Bonchev–Trinajstić information content (AvgIpc) is 2.49. The Bertz CT molecular complexity index is 291. The van der Waals surface area contributed by atoms with Crippen LogP contribution in [0.1, 0.15) is 18.5 Å². The van der Waals surface area contributed by atoms with Crippen molar-refractivity contribution in [2.75, 3.05) is 7.11 Å². The van der Waals surface area contributed by atoms with Crippen LogP contribution in [-0.2, 0) is 18.3 Å². The molecule has 14 heavy (non-hydrogen) atoms. The molecule has 0 radical (unpaired) electrons. The molecule has 0 saturated heterocycles. The minimum absolute atomic E-state index is 0.469. The Morgan fingerprint density at radius 2 is 2.43 bits per heavy atom. The third kappa shape index (κ3) is 2.13. The molecule has 1 aromatic heterocycles. The van der Waals surface area contributed by atoms with E-state index in [1.54, 1.807) is 7.11 Å². The normalized spacial score (nSPS) is 26.1. The Morgan fingerprint density at radius 1 is 1.64 bits per heavy atom. The summed E-state index contributed by atoms with van der Waals surface area (Å²) in [6.45, 7) is 0.863. The SMILES string of the molecule is COC1CC(NCc2ccn(C)n2)C1. The minimum Gasteiger partial charge on any atom is -0.381 e. The molecular formula is C10H17N3O. The van der Waals surface area contributed by atoms with Gasteiger partial charge >= 0.3 is 0 Å². The number of aromatic nitrogens is 2. The lowest BCUT2D eigenvalue weighted by molar-refractivity contribution is 0.0169. The van der Waals surface area contributed by atoms with Gasteiger partial charge in [0.05, 0.1) is 11.8 Å². The quantitative estimate of drug-likeness (QED) is 0.768. The molecule has 1 aromatic rings. The molecule has 0 spiro atoms. The number of methoxy groups -OCH3 is 1. The van der Waals surface area contributed by atoms with Crippen LogP contribution in [0, 0.1) is 0 Å². The van der Waals surface area contributed by atoms with E-state index in [-0.39, 0.29) is 0 Å². The summed E-state index contributed by atoms with van der Waals surface area (Å²) in [7, 11) is 3.72. The average molecular weight is 195 g/mol. The van der Waals surface area contributed by atoms with Gasteiger partial charge in [0.1, 0.15) is 0 Å². The fraction of sp³-hybridized carbons (Fsp3) is 0.700. The zero-order valence-corrected chi connectivity index (χ0v) is 8.73. The van der Waals surface area contributed by atoms with E-state index in [2.05, 4.69) is 10.4 Å². The fourth-order valence-corrected chi connectivity index (χ4v) is 1.73. The second kappa shape index (κ2) is 4.11. The Hall–Kier alpha value is -0.870. The zero-order valence-electron chi connectivity index (χ0n) is 8.73. The van der Waals surface area contributed by atoms with Gasteiger partial charge in [0.15, 0.2) is 0 Å². The summed E-state index contributed by atoms with van der Waals surface area (Å²) in [5, 5.41) is 7.76. The molecule has 0 amide bonds. The van der Waals surface area contributed by atoms with Gasteiger partial charge < -0.3 is 10.1 Å². The van der Waals surface area contributed by atoms with Gasteiger partial charge in [-0.3, -0.25) is 4.68 Å². The van der Waals surface area contributed by atoms with E-state index in [1.807, 2.05) is 24.0 Å². The van der Waals surface area contributed by atoms with Crippen molar-refractivity contribution < 1.29 is 4.74 Å². The van der Waals surface area contributed by atoms with Crippen molar-refractivity contribution in [3.63, 3.8) is 0 Å². The van der Waals surface area contributed by atoms with Crippen molar-refractivity contribution in [2.45, 2.75) is 31.5 Å². The van der Waals surface area contributed by atoms with E-state index in [9.17, 15) is 0 Å². The first-order valence-corrected chi connectivity index (χ1v) is 5.02. The summed E-state index contributed by atoms with van der Waals surface area (Å²) in [4.78, 5) is 0. The van der Waals surface area contributed by atoms with Crippen LogP contribution < -0.4 is 5.32 Å². The van der Waals surface area contributed by atoms with Crippen molar-refractivity contribution >= 4 is 0 Å². The maximum atomic E-state index is 5.21. The van der Waals surface area contributed by atoms with Crippen LogP contribution in [0.15, 0.2) is 12.3 Å². The lowest BCUT2D eigenvalue weighted by atomic mass is 9.89. The molecule has 1 heterocycles. The molecule has 1 saturated carbocycles. The first-order valence-electron chi connectivity index (χ1n) is 5.02. The monoisotopic (exact) mass is 195 g/mol. The van der Waals surface area contributed by atoms with Gasteiger partial charge in [-0.2, -0.15) is 5.10 Å². The maximum absolute atomic E-state index is 5.21. The first kappa shape index (κ1) is 9.68. The van der Waals surface area contributed by atoms with Gasteiger partial charge in [-0.05, 0) is 18.9 Å². The van der Waals surface area contributed by atoms with Gasteiger partial charge in [-0.1, -0.05) is 0 Å². The van der Waals surface area contributed by atoms with Gasteiger partial charge in [-0.15, -0.1) is 0 Å². The van der Waals surface area contributed by atoms with E-state index in [0.29, 0.717) is 12.1 Å².